The maximum atomic E-state index is 12.5. The SMILES string of the molecule is CCCCOc1ccccc1C(=O)NC(=S)NNC(=O)COc1ccc(OC)cc1. The van der Waals surface area contributed by atoms with Gasteiger partial charge in [0.2, 0.25) is 0 Å². The fraction of sp³-hybridized carbons (Fsp3) is 0.286. The van der Waals surface area contributed by atoms with Gasteiger partial charge in [-0.25, -0.2) is 0 Å². The molecule has 30 heavy (non-hydrogen) atoms. The van der Waals surface area contributed by atoms with Crippen molar-refractivity contribution in [2.75, 3.05) is 20.3 Å². The fourth-order valence-electron chi connectivity index (χ4n) is 2.29. The average Bonchev–Trinajstić information content (AvgIpc) is 2.77. The molecule has 3 N–H and O–H groups in total. The van der Waals surface area contributed by atoms with Crippen LogP contribution in [0.4, 0.5) is 0 Å². The Balaban J connectivity index is 1.77. The highest BCUT2D eigenvalue weighted by atomic mass is 32.1. The van der Waals surface area contributed by atoms with Gasteiger partial charge in [-0.2, -0.15) is 0 Å². The molecule has 0 spiro atoms. The van der Waals surface area contributed by atoms with Gasteiger partial charge >= 0.3 is 0 Å². The van der Waals surface area contributed by atoms with Crippen molar-refractivity contribution in [2.24, 2.45) is 0 Å². The number of para-hydroxylation sites is 1. The van der Waals surface area contributed by atoms with E-state index >= 15 is 0 Å². The summed E-state index contributed by atoms with van der Waals surface area (Å²) in [6, 6.07) is 13.7. The molecule has 0 fully saturated rings. The van der Waals surface area contributed by atoms with Crippen molar-refractivity contribution in [2.45, 2.75) is 19.8 Å². The number of rotatable bonds is 9. The Kier molecular flexibility index (Phi) is 9.39. The van der Waals surface area contributed by atoms with Crippen molar-refractivity contribution < 1.29 is 23.8 Å². The molecule has 2 aromatic rings. The van der Waals surface area contributed by atoms with Crippen LogP contribution in [-0.4, -0.2) is 37.3 Å². The van der Waals surface area contributed by atoms with Crippen LogP contribution >= 0.6 is 12.2 Å². The van der Waals surface area contributed by atoms with Crippen LogP contribution in [0.3, 0.4) is 0 Å². The number of hydrogen-bond donors (Lipinski definition) is 3. The zero-order valence-electron chi connectivity index (χ0n) is 16.9. The van der Waals surface area contributed by atoms with Crippen LogP contribution in [0.25, 0.3) is 0 Å². The summed E-state index contributed by atoms with van der Waals surface area (Å²) in [6.45, 7) is 2.35. The molecule has 8 nitrogen and oxygen atoms in total. The first-order valence-electron chi connectivity index (χ1n) is 9.42. The Morgan fingerprint density at radius 1 is 0.967 bits per heavy atom. The lowest BCUT2D eigenvalue weighted by atomic mass is 10.2. The number of nitrogens with one attached hydrogen (secondary N) is 3. The van der Waals surface area contributed by atoms with Crippen molar-refractivity contribution >= 4 is 29.1 Å². The number of unbranched alkanes of at least 4 members (excludes halogenated alkanes) is 1. The standard InChI is InChI=1S/C21H25N3O5S/c1-3-4-13-28-18-8-6-5-7-17(18)20(26)22-21(30)24-23-19(25)14-29-16-11-9-15(27-2)10-12-16/h5-12H,3-4,13-14H2,1-2H3,(H,23,25)(H2,22,24,26,30). The van der Waals surface area contributed by atoms with E-state index in [0.717, 1.165) is 12.8 Å². The average molecular weight is 432 g/mol. The molecule has 0 aliphatic heterocycles. The molecule has 0 unspecified atom stereocenters. The quantitative estimate of drug-likeness (QED) is 0.319. The molecule has 0 saturated heterocycles. The highest BCUT2D eigenvalue weighted by Crippen LogP contribution is 2.18. The number of amides is 2. The van der Waals surface area contributed by atoms with Gasteiger partial charge in [0.05, 0.1) is 19.3 Å². The predicted octanol–water partition coefficient (Wildman–Crippen LogP) is 2.59. The summed E-state index contributed by atoms with van der Waals surface area (Å²) in [5.74, 6) is 0.769. The second-order valence-electron chi connectivity index (χ2n) is 6.12. The minimum absolute atomic E-state index is 0.0545. The zero-order valence-corrected chi connectivity index (χ0v) is 17.7. The number of methoxy groups -OCH3 is 1. The minimum Gasteiger partial charge on any atom is -0.497 e. The molecule has 0 aliphatic carbocycles. The third kappa shape index (κ3) is 7.59. The molecule has 2 aromatic carbocycles. The highest BCUT2D eigenvalue weighted by molar-refractivity contribution is 7.80. The Labute approximate surface area is 180 Å². The van der Waals surface area contributed by atoms with E-state index in [0.29, 0.717) is 29.4 Å². The third-order valence-electron chi connectivity index (χ3n) is 3.86. The lowest BCUT2D eigenvalue weighted by Gasteiger charge is -2.13. The molecule has 2 rings (SSSR count). The van der Waals surface area contributed by atoms with Gasteiger partial charge < -0.3 is 14.2 Å². The van der Waals surface area contributed by atoms with Crippen LogP contribution in [0, 0.1) is 0 Å². The first kappa shape index (κ1) is 23.0. The minimum atomic E-state index is -0.467. The number of ether oxygens (including phenoxy) is 3. The molecule has 0 atom stereocenters. The summed E-state index contributed by atoms with van der Waals surface area (Å²) in [5, 5.41) is 2.45. The molecule has 0 aliphatic rings. The molecule has 0 bridgehead atoms. The van der Waals surface area contributed by atoms with E-state index in [4.69, 9.17) is 26.4 Å². The number of benzene rings is 2. The lowest BCUT2D eigenvalue weighted by molar-refractivity contribution is -0.123. The van der Waals surface area contributed by atoms with Crippen LogP contribution in [-0.2, 0) is 4.79 Å². The predicted molar refractivity (Wildman–Crippen MR) is 117 cm³/mol. The molecular weight excluding hydrogens is 406 g/mol. The summed E-state index contributed by atoms with van der Waals surface area (Å²) in [6.07, 6.45) is 1.88. The number of hydrazine groups is 1. The van der Waals surface area contributed by atoms with Crippen molar-refractivity contribution in [3.8, 4) is 17.2 Å². The second kappa shape index (κ2) is 12.3. The Morgan fingerprint density at radius 3 is 2.37 bits per heavy atom. The second-order valence-corrected chi connectivity index (χ2v) is 6.53. The van der Waals surface area contributed by atoms with Gasteiger partial charge in [0.1, 0.15) is 17.2 Å². The first-order valence-corrected chi connectivity index (χ1v) is 9.83. The van der Waals surface area contributed by atoms with E-state index in [1.54, 1.807) is 55.6 Å². The van der Waals surface area contributed by atoms with Crippen LogP contribution in [0.15, 0.2) is 48.5 Å². The highest BCUT2D eigenvalue weighted by Gasteiger charge is 2.14. The topological polar surface area (TPSA) is 97.9 Å². The van der Waals surface area contributed by atoms with Crippen molar-refractivity contribution in [1.82, 2.24) is 16.2 Å². The molecule has 9 heteroatoms. The van der Waals surface area contributed by atoms with E-state index < -0.39 is 11.8 Å². The summed E-state index contributed by atoms with van der Waals surface area (Å²) >= 11 is 5.05. The third-order valence-corrected chi connectivity index (χ3v) is 4.06. The van der Waals surface area contributed by atoms with Crippen molar-refractivity contribution in [3.63, 3.8) is 0 Å². The number of carbonyl (C=O) groups excluding carboxylic acids is 2. The van der Waals surface area contributed by atoms with Gasteiger partial charge in [-0.1, -0.05) is 25.5 Å². The number of hydrogen-bond acceptors (Lipinski definition) is 6. The Hall–Kier alpha value is -3.33. The summed E-state index contributed by atoms with van der Waals surface area (Å²) in [4.78, 5) is 24.3. The van der Waals surface area contributed by atoms with Gasteiger partial charge in [-0.05, 0) is 55.0 Å². The van der Waals surface area contributed by atoms with Gasteiger partial charge in [0.25, 0.3) is 11.8 Å². The van der Waals surface area contributed by atoms with E-state index in [1.807, 2.05) is 0 Å². The largest absolute Gasteiger partial charge is 0.497 e. The number of carbonyl (C=O) groups is 2. The van der Waals surface area contributed by atoms with Crippen LogP contribution in [0.1, 0.15) is 30.1 Å². The molecule has 160 valence electrons. The summed E-state index contributed by atoms with van der Waals surface area (Å²) in [5.41, 5.74) is 5.18. The lowest BCUT2D eigenvalue weighted by Crippen LogP contribution is -2.49. The summed E-state index contributed by atoms with van der Waals surface area (Å²) in [7, 11) is 1.56. The van der Waals surface area contributed by atoms with Crippen molar-refractivity contribution in [1.29, 1.82) is 0 Å². The maximum Gasteiger partial charge on any atom is 0.276 e. The van der Waals surface area contributed by atoms with Crippen LogP contribution in [0.5, 0.6) is 17.2 Å². The monoisotopic (exact) mass is 431 g/mol. The smallest absolute Gasteiger partial charge is 0.276 e. The Morgan fingerprint density at radius 2 is 1.67 bits per heavy atom. The summed E-state index contributed by atoms with van der Waals surface area (Å²) < 4.78 is 16.1. The fourth-order valence-corrected chi connectivity index (χ4v) is 2.44. The first-order chi connectivity index (χ1) is 14.5. The van der Waals surface area contributed by atoms with Gasteiger partial charge in [0.15, 0.2) is 11.7 Å². The molecule has 0 aromatic heterocycles. The van der Waals surface area contributed by atoms with Crippen LogP contribution < -0.4 is 30.4 Å². The van der Waals surface area contributed by atoms with E-state index in [-0.39, 0.29) is 11.7 Å². The molecule has 0 heterocycles. The van der Waals surface area contributed by atoms with E-state index in [2.05, 4.69) is 23.1 Å². The maximum absolute atomic E-state index is 12.5. The molecule has 2 amide bonds. The van der Waals surface area contributed by atoms with Crippen molar-refractivity contribution in [3.05, 3.63) is 54.1 Å². The molecular formula is C21H25N3O5S. The van der Waals surface area contributed by atoms with E-state index in [1.165, 1.54) is 0 Å². The van der Waals surface area contributed by atoms with Gasteiger partial charge in [-0.15, -0.1) is 0 Å². The molecule has 0 radical (unpaired) electrons. The van der Waals surface area contributed by atoms with Crippen LogP contribution in [0.2, 0.25) is 0 Å². The zero-order chi connectivity index (χ0) is 21.8. The van der Waals surface area contributed by atoms with Gasteiger partial charge in [-0.3, -0.25) is 25.8 Å². The van der Waals surface area contributed by atoms with Gasteiger partial charge in [0, 0.05) is 0 Å². The van der Waals surface area contributed by atoms with E-state index in [9.17, 15) is 9.59 Å². The Bertz CT molecular complexity index is 858. The molecule has 0 saturated carbocycles. The number of thiocarbonyl (C=S) groups is 1. The normalized spacial score (nSPS) is 9.93.